The topological polar surface area (TPSA) is 0 Å². The van der Waals surface area contributed by atoms with Gasteiger partial charge in [-0.3, -0.25) is 0 Å². The van der Waals surface area contributed by atoms with Gasteiger partial charge in [0.05, 0.1) is 5.56 Å². The molecule has 0 bridgehead atoms. The van der Waals surface area contributed by atoms with E-state index < -0.39 is 17.5 Å². The monoisotopic (exact) mass is 418 g/mol. The lowest BCUT2D eigenvalue weighted by atomic mass is 9.95. The summed E-state index contributed by atoms with van der Waals surface area (Å²) in [5.41, 5.74) is 2.93. The molecule has 0 atom stereocenters. The SMILES string of the molecule is CCCCCc1ccc2c(F)c(-c3cc(F)c(-c4ccc(C)cc4)c(F)c3)ccc2c1. The molecule has 4 aromatic rings. The van der Waals surface area contributed by atoms with Crippen molar-refractivity contribution in [2.75, 3.05) is 0 Å². The van der Waals surface area contributed by atoms with Gasteiger partial charge in [-0.1, -0.05) is 79.9 Å². The van der Waals surface area contributed by atoms with E-state index in [1.165, 1.54) is 24.1 Å². The summed E-state index contributed by atoms with van der Waals surface area (Å²) in [6.45, 7) is 4.08. The first kappa shape index (κ1) is 21.2. The number of aryl methyl sites for hydroxylation is 2. The standard InChI is InChI=1S/C28H25F3/c1-3-4-5-6-19-9-13-23-21(15-19)12-14-24(28(23)31)22-16-25(29)27(26(30)17-22)20-10-7-18(2)8-11-20/h7-17H,3-6H2,1-2H3. The van der Waals surface area contributed by atoms with Crippen LogP contribution in [-0.4, -0.2) is 0 Å². The van der Waals surface area contributed by atoms with Crippen LogP contribution in [0.4, 0.5) is 13.2 Å². The van der Waals surface area contributed by atoms with Crippen LogP contribution in [0.1, 0.15) is 37.3 Å². The van der Waals surface area contributed by atoms with Crippen molar-refractivity contribution in [3.8, 4) is 22.3 Å². The molecule has 0 saturated heterocycles. The number of rotatable bonds is 6. The van der Waals surface area contributed by atoms with Crippen LogP contribution in [0.15, 0.2) is 66.7 Å². The van der Waals surface area contributed by atoms with Crippen LogP contribution < -0.4 is 0 Å². The predicted octanol–water partition coefficient (Wildman–Crippen LogP) is 8.63. The minimum absolute atomic E-state index is 0.0957. The number of fused-ring (bicyclic) bond motifs is 1. The van der Waals surface area contributed by atoms with Crippen LogP contribution >= 0.6 is 0 Å². The van der Waals surface area contributed by atoms with E-state index in [0.29, 0.717) is 10.9 Å². The molecule has 0 spiro atoms. The minimum atomic E-state index is -0.704. The number of hydrogen-bond donors (Lipinski definition) is 0. The molecule has 0 heterocycles. The summed E-state index contributed by atoms with van der Waals surface area (Å²) < 4.78 is 45.0. The van der Waals surface area contributed by atoms with Crippen LogP contribution in [0.5, 0.6) is 0 Å². The van der Waals surface area contributed by atoms with Gasteiger partial charge >= 0.3 is 0 Å². The largest absolute Gasteiger partial charge is 0.206 e. The third-order valence-electron chi connectivity index (χ3n) is 5.78. The molecule has 4 aromatic carbocycles. The van der Waals surface area contributed by atoms with Gasteiger partial charge in [0.25, 0.3) is 0 Å². The van der Waals surface area contributed by atoms with Crippen molar-refractivity contribution in [1.82, 2.24) is 0 Å². The van der Waals surface area contributed by atoms with E-state index >= 15 is 4.39 Å². The van der Waals surface area contributed by atoms with Gasteiger partial charge in [0.2, 0.25) is 0 Å². The molecule has 158 valence electrons. The van der Waals surface area contributed by atoms with Crippen LogP contribution in [0.3, 0.4) is 0 Å². The van der Waals surface area contributed by atoms with Crippen LogP contribution in [0.25, 0.3) is 33.0 Å². The second kappa shape index (κ2) is 8.97. The molecule has 0 radical (unpaired) electrons. The van der Waals surface area contributed by atoms with E-state index in [2.05, 4.69) is 6.92 Å². The van der Waals surface area contributed by atoms with Crippen LogP contribution in [0.2, 0.25) is 0 Å². The van der Waals surface area contributed by atoms with Gasteiger partial charge in [0.15, 0.2) is 0 Å². The maximum atomic E-state index is 15.3. The molecule has 0 N–H and O–H groups in total. The Morgan fingerprint density at radius 3 is 2.10 bits per heavy atom. The van der Waals surface area contributed by atoms with E-state index in [0.717, 1.165) is 30.2 Å². The lowest BCUT2D eigenvalue weighted by Gasteiger charge is -2.12. The van der Waals surface area contributed by atoms with Gasteiger partial charge in [-0.05, 0) is 54.0 Å². The first-order chi connectivity index (χ1) is 15.0. The van der Waals surface area contributed by atoms with Crippen molar-refractivity contribution >= 4 is 10.8 Å². The first-order valence-electron chi connectivity index (χ1n) is 10.8. The summed E-state index contributed by atoms with van der Waals surface area (Å²) in [5.74, 6) is -1.87. The van der Waals surface area contributed by atoms with Crippen LogP contribution in [0, 0.1) is 24.4 Å². The number of halogens is 3. The molecular weight excluding hydrogens is 393 g/mol. The molecule has 0 aliphatic carbocycles. The van der Waals surface area contributed by atoms with Crippen LogP contribution in [-0.2, 0) is 6.42 Å². The second-order valence-electron chi connectivity index (χ2n) is 8.12. The Labute approximate surface area is 181 Å². The van der Waals surface area contributed by atoms with Gasteiger partial charge in [-0.15, -0.1) is 0 Å². The average Bonchev–Trinajstić information content (AvgIpc) is 2.75. The zero-order chi connectivity index (χ0) is 22.0. The first-order valence-corrected chi connectivity index (χ1v) is 10.8. The Morgan fingerprint density at radius 2 is 1.42 bits per heavy atom. The van der Waals surface area contributed by atoms with Gasteiger partial charge in [-0.25, -0.2) is 13.2 Å². The zero-order valence-corrected chi connectivity index (χ0v) is 17.8. The average molecular weight is 419 g/mol. The Bertz CT molecular complexity index is 1200. The van der Waals surface area contributed by atoms with Gasteiger partial charge in [-0.2, -0.15) is 0 Å². The number of hydrogen-bond acceptors (Lipinski definition) is 0. The highest BCUT2D eigenvalue weighted by Crippen LogP contribution is 2.34. The smallest absolute Gasteiger partial charge is 0.138 e. The Balaban J connectivity index is 1.72. The van der Waals surface area contributed by atoms with Crippen molar-refractivity contribution in [3.63, 3.8) is 0 Å². The Kier molecular flexibility index (Phi) is 6.13. The highest BCUT2D eigenvalue weighted by molar-refractivity contribution is 5.89. The molecule has 0 aliphatic rings. The van der Waals surface area contributed by atoms with Crippen molar-refractivity contribution in [2.45, 2.75) is 39.5 Å². The van der Waals surface area contributed by atoms with E-state index in [-0.39, 0.29) is 16.7 Å². The summed E-state index contributed by atoms with van der Waals surface area (Å²) in [6.07, 6.45) is 4.39. The molecule has 0 amide bonds. The fourth-order valence-corrected chi connectivity index (χ4v) is 4.02. The summed E-state index contributed by atoms with van der Waals surface area (Å²) in [7, 11) is 0. The minimum Gasteiger partial charge on any atom is -0.206 e. The molecule has 31 heavy (non-hydrogen) atoms. The van der Waals surface area contributed by atoms with Crippen molar-refractivity contribution in [3.05, 3.63) is 95.3 Å². The fourth-order valence-electron chi connectivity index (χ4n) is 4.02. The number of benzene rings is 4. The molecule has 0 fully saturated rings. The molecule has 4 rings (SSSR count). The summed E-state index contributed by atoms with van der Waals surface area (Å²) in [6, 6.07) is 18.5. The second-order valence-corrected chi connectivity index (χ2v) is 8.12. The number of unbranched alkanes of at least 4 members (excludes halogenated alkanes) is 2. The maximum absolute atomic E-state index is 15.3. The quantitative estimate of drug-likeness (QED) is 0.275. The molecule has 0 saturated carbocycles. The maximum Gasteiger partial charge on any atom is 0.138 e. The van der Waals surface area contributed by atoms with Gasteiger partial charge in [0.1, 0.15) is 17.5 Å². The Hall–Kier alpha value is -3.07. The molecular formula is C28H25F3. The molecule has 0 nitrogen and oxygen atoms in total. The third-order valence-corrected chi connectivity index (χ3v) is 5.78. The third kappa shape index (κ3) is 4.36. The highest BCUT2D eigenvalue weighted by Gasteiger charge is 2.17. The van der Waals surface area contributed by atoms with E-state index in [4.69, 9.17) is 0 Å². The van der Waals surface area contributed by atoms with E-state index in [1.807, 2.05) is 37.3 Å². The fraction of sp³-hybridized carbons (Fsp3) is 0.214. The zero-order valence-electron chi connectivity index (χ0n) is 17.8. The Morgan fingerprint density at radius 1 is 0.710 bits per heavy atom. The molecule has 3 heteroatoms. The summed E-state index contributed by atoms with van der Waals surface area (Å²) >= 11 is 0. The molecule has 0 aromatic heterocycles. The van der Waals surface area contributed by atoms with Crippen molar-refractivity contribution < 1.29 is 13.2 Å². The summed E-state index contributed by atoms with van der Waals surface area (Å²) in [4.78, 5) is 0. The van der Waals surface area contributed by atoms with Crippen molar-refractivity contribution in [2.24, 2.45) is 0 Å². The van der Waals surface area contributed by atoms with Crippen molar-refractivity contribution in [1.29, 1.82) is 0 Å². The predicted molar refractivity (Wildman–Crippen MR) is 123 cm³/mol. The highest BCUT2D eigenvalue weighted by atomic mass is 19.1. The molecule has 0 aliphatic heterocycles. The lowest BCUT2D eigenvalue weighted by Crippen LogP contribution is -1.95. The van der Waals surface area contributed by atoms with E-state index in [1.54, 1.807) is 24.3 Å². The van der Waals surface area contributed by atoms with E-state index in [9.17, 15) is 8.78 Å². The molecule has 0 unspecified atom stereocenters. The van der Waals surface area contributed by atoms with Gasteiger partial charge in [0, 0.05) is 10.9 Å². The van der Waals surface area contributed by atoms with Gasteiger partial charge < -0.3 is 0 Å². The summed E-state index contributed by atoms with van der Waals surface area (Å²) in [5, 5.41) is 1.26. The normalized spacial score (nSPS) is 11.3. The lowest BCUT2D eigenvalue weighted by molar-refractivity contribution is 0.590.